The summed E-state index contributed by atoms with van der Waals surface area (Å²) in [6, 6.07) is 9.68. The molecule has 11 heteroatoms. The summed E-state index contributed by atoms with van der Waals surface area (Å²) in [5, 5.41) is 11.0. The average molecular weight is 626 g/mol. The minimum absolute atomic E-state index is 0.0779. The third kappa shape index (κ3) is 6.17. The van der Waals surface area contributed by atoms with Gasteiger partial charge in [-0.25, -0.2) is 0 Å². The van der Waals surface area contributed by atoms with Gasteiger partial charge in [-0.2, -0.15) is 5.10 Å². The van der Waals surface area contributed by atoms with Crippen LogP contribution in [0.15, 0.2) is 60.6 Å². The average Bonchev–Trinajstić information content (AvgIpc) is 3.63. The van der Waals surface area contributed by atoms with Crippen molar-refractivity contribution in [1.82, 2.24) is 19.6 Å². The number of anilines is 2. The summed E-state index contributed by atoms with van der Waals surface area (Å²) in [6.45, 7) is 7.15. The molecule has 1 saturated heterocycles. The number of amides is 3. The van der Waals surface area contributed by atoms with Crippen LogP contribution < -0.4 is 16.4 Å². The van der Waals surface area contributed by atoms with Gasteiger partial charge in [-0.1, -0.05) is 18.7 Å². The molecule has 1 aliphatic carbocycles. The van der Waals surface area contributed by atoms with Crippen molar-refractivity contribution in [2.45, 2.75) is 45.4 Å². The highest BCUT2D eigenvalue weighted by atomic mass is 32.1. The van der Waals surface area contributed by atoms with E-state index in [0.29, 0.717) is 31.0 Å². The lowest BCUT2D eigenvalue weighted by Gasteiger charge is -2.31. The van der Waals surface area contributed by atoms with Crippen LogP contribution in [0.1, 0.15) is 67.4 Å². The number of carbonyl (C=O) groups is 3. The van der Waals surface area contributed by atoms with Crippen molar-refractivity contribution in [3.63, 3.8) is 0 Å². The highest BCUT2D eigenvalue weighted by molar-refractivity contribution is 7.14. The number of thiophene rings is 1. The summed E-state index contributed by atoms with van der Waals surface area (Å²) in [4.78, 5) is 44.0. The number of nitrogens with two attached hydrogens (primary N) is 1. The number of nitrogens with one attached hydrogen (secondary N) is 2. The smallest absolute Gasteiger partial charge is 0.272 e. The Bertz CT molecular complexity index is 1740. The summed E-state index contributed by atoms with van der Waals surface area (Å²) >= 11 is 1.61. The van der Waals surface area contributed by atoms with Crippen molar-refractivity contribution in [1.29, 1.82) is 0 Å². The molecule has 2 aromatic heterocycles. The number of fused-ring (bicyclic) bond motifs is 1. The van der Waals surface area contributed by atoms with Gasteiger partial charge in [0.05, 0.1) is 22.2 Å². The van der Waals surface area contributed by atoms with E-state index in [4.69, 9.17) is 5.73 Å². The van der Waals surface area contributed by atoms with Crippen LogP contribution >= 0.6 is 11.3 Å². The second kappa shape index (κ2) is 12.4. The van der Waals surface area contributed by atoms with Gasteiger partial charge in [-0.05, 0) is 80.3 Å². The number of aryl methyl sites for hydroxylation is 3. The lowest BCUT2D eigenvalue weighted by Crippen LogP contribution is -2.44. The molecule has 3 aliphatic rings. The van der Waals surface area contributed by atoms with E-state index >= 15 is 0 Å². The number of primary amides is 1. The normalized spacial score (nSPS) is 18.2. The van der Waals surface area contributed by atoms with Gasteiger partial charge >= 0.3 is 0 Å². The predicted octanol–water partition coefficient (Wildman–Crippen LogP) is 5.05. The zero-order chi connectivity index (χ0) is 31.8. The Hall–Kier alpha value is -4.64. The van der Waals surface area contributed by atoms with Crippen LogP contribution in [0.3, 0.4) is 0 Å². The SMILES string of the molecule is C=C1C(Nc2cc(C(=O)N3CCCC(C(N)=O)C3)n(C)n2)=CC(c2cccc(NC(=O)c3cc4c(s3)CCCC4)c2C)=CN1C. The number of hydrogen-bond donors (Lipinski definition) is 3. The van der Waals surface area contributed by atoms with E-state index in [2.05, 4.69) is 28.4 Å². The van der Waals surface area contributed by atoms with E-state index < -0.39 is 0 Å². The number of rotatable bonds is 7. The molecular formula is C34H39N7O3S. The molecule has 4 N–H and O–H groups in total. The van der Waals surface area contributed by atoms with Crippen LogP contribution in [-0.4, -0.2) is 57.4 Å². The standard InChI is InChI=1S/C34H39N7O3S/c1-20-25(11-7-12-26(20)37-33(43)30-16-22-9-5-6-13-29(22)45-30)24-15-27(21(2)39(3)18-24)36-31-17-28(40(4)38-31)34(44)41-14-8-10-23(19-41)32(35)42/h7,11-12,15-18,23H,2,5-6,8-10,13-14,19H2,1,3-4H3,(H2,35,42)(H,36,38)(H,37,43). The Kier molecular flexibility index (Phi) is 8.37. The van der Waals surface area contributed by atoms with Crippen molar-refractivity contribution in [2.24, 2.45) is 18.7 Å². The fourth-order valence-corrected chi connectivity index (χ4v) is 7.45. The Morgan fingerprint density at radius 3 is 2.69 bits per heavy atom. The van der Waals surface area contributed by atoms with Gasteiger partial charge in [0.2, 0.25) is 5.91 Å². The monoisotopic (exact) mass is 625 g/mol. The van der Waals surface area contributed by atoms with Crippen LogP contribution in [0.25, 0.3) is 5.57 Å². The zero-order valence-electron chi connectivity index (χ0n) is 26.0. The topological polar surface area (TPSA) is 126 Å². The highest BCUT2D eigenvalue weighted by Gasteiger charge is 2.29. The minimum atomic E-state index is -0.375. The lowest BCUT2D eigenvalue weighted by atomic mass is 9.96. The molecular weight excluding hydrogens is 586 g/mol. The Labute approximate surface area is 267 Å². The molecule has 234 valence electrons. The first-order chi connectivity index (χ1) is 21.6. The van der Waals surface area contributed by atoms with Crippen LogP contribution in [0.4, 0.5) is 11.5 Å². The molecule has 1 fully saturated rings. The molecule has 6 rings (SSSR count). The van der Waals surface area contributed by atoms with E-state index in [9.17, 15) is 14.4 Å². The van der Waals surface area contributed by atoms with Crippen molar-refractivity contribution >= 4 is 46.1 Å². The maximum absolute atomic E-state index is 13.3. The van der Waals surface area contributed by atoms with Crippen molar-refractivity contribution in [2.75, 3.05) is 30.8 Å². The Morgan fingerprint density at radius 2 is 1.91 bits per heavy atom. The maximum atomic E-state index is 13.3. The largest absolute Gasteiger partial charge is 0.369 e. The number of nitrogens with zero attached hydrogens (tertiary/aromatic N) is 4. The molecule has 3 amide bonds. The maximum Gasteiger partial charge on any atom is 0.272 e. The van der Waals surface area contributed by atoms with Gasteiger partial charge in [-0.3, -0.25) is 19.1 Å². The van der Waals surface area contributed by atoms with Crippen LogP contribution in [0.2, 0.25) is 0 Å². The molecule has 3 aromatic rings. The lowest BCUT2D eigenvalue weighted by molar-refractivity contribution is -0.123. The molecule has 1 aromatic carbocycles. The van der Waals surface area contributed by atoms with E-state index in [1.165, 1.54) is 23.3 Å². The fraction of sp³-hybridized carbons (Fsp3) is 0.353. The van der Waals surface area contributed by atoms with Gasteiger partial charge in [-0.15, -0.1) is 11.3 Å². The van der Waals surface area contributed by atoms with Crippen molar-refractivity contribution in [3.05, 3.63) is 92.7 Å². The molecule has 1 unspecified atom stereocenters. The van der Waals surface area contributed by atoms with E-state index in [-0.39, 0.29) is 23.6 Å². The summed E-state index contributed by atoms with van der Waals surface area (Å²) in [5.74, 6) is -0.468. The second-order valence-corrected chi connectivity index (χ2v) is 13.2. The molecule has 0 saturated carbocycles. The number of allylic oxidation sites excluding steroid dienone is 2. The molecule has 1 atom stereocenters. The third-order valence-electron chi connectivity index (χ3n) is 8.96. The summed E-state index contributed by atoms with van der Waals surface area (Å²) in [6.07, 6.45) is 9.92. The first-order valence-electron chi connectivity index (χ1n) is 15.4. The van der Waals surface area contributed by atoms with E-state index in [0.717, 1.165) is 57.9 Å². The van der Waals surface area contributed by atoms with Crippen LogP contribution in [-0.2, 0) is 24.7 Å². The number of carbonyl (C=O) groups excluding carboxylic acids is 3. The summed E-state index contributed by atoms with van der Waals surface area (Å²) < 4.78 is 1.55. The van der Waals surface area contributed by atoms with Gasteiger partial charge in [0.25, 0.3) is 11.8 Å². The summed E-state index contributed by atoms with van der Waals surface area (Å²) in [7, 11) is 3.65. The minimum Gasteiger partial charge on any atom is -0.369 e. The van der Waals surface area contributed by atoms with Gasteiger partial charge in [0.1, 0.15) is 5.69 Å². The number of aromatic nitrogens is 2. The quantitative estimate of drug-likeness (QED) is 0.337. The van der Waals surface area contributed by atoms with Gasteiger partial charge in [0.15, 0.2) is 5.82 Å². The number of benzene rings is 1. The van der Waals surface area contributed by atoms with E-state index in [1.807, 2.05) is 49.3 Å². The molecule has 45 heavy (non-hydrogen) atoms. The first kappa shape index (κ1) is 30.4. The third-order valence-corrected chi connectivity index (χ3v) is 10.2. The molecule has 10 nitrogen and oxygen atoms in total. The van der Waals surface area contributed by atoms with Gasteiger partial charge in [0, 0.05) is 55.6 Å². The molecule has 0 bridgehead atoms. The van der Waals surface area contributed by atoms with Crippen LogP contribution in [0.5, 0.6) is 0 Å². The molecule has 0 spiro atoms. The number of piperidine rings is 1. The Morgan fingerprint density at radius 1 is 1.11 bits per heavy atom. The van der Waals surface area contributed by atoms with Crippen molar-refractivity contribution < 1.29 is 14.4 Å². The number of likely N-dealkylation sites (N-methyl/N-ethyl adjacent to an activating group) is 1. The number of likely N-dealkylation sites (tertiary alicyclic amines) is 1. The highest BCUT2D eigenvalue weighted by Crippen LogP contribution is 2.34. The van der Waals surface area contributed by atoms with Crippen molar-refractivity contribution in [3.8, 4) is 0 Å². The molecule has 4 heterocycles. The Balaban J connectivity index is 1.20. The zero-order valence-corrected chi connectivity index (χ0v) is 26.8. The summed E-state index contributed by atoms with van der Waals surface area (Å²) in [5.41, 5.74) is 12.4. The fourth-order valence-electron chi connectivity index (χ4n) is 6.30. The van der Waals surface area contributed by atoms with E-state index in [1.54, 1.807) is 34.0 Å². The molecule has 0 radical (unpaired) electrons. The molecule has 2 aliphatic heterocycles. The van der Waals surface area contributed by atoms with Gasteiger partial charge < -0.3 is 26.2 Å². The predicted molar refractivity (Wildman–Crippen MR) is 178 cm³/mol. The number of hydrogen-bond acceptors (Lipinski definition) is 7. The van der Waals surface area contributed by atoms with Crippen LogP contribution in [0, 0.1) is 12.8 Å². The first-order valence-corrected chi connectivity index (χ1v) is 16.2. The second-order valence-electron chi connectivity index (χ2n) is 12.1.